The van der Waals surface area contributed by atoms with Crippen molar-refractivity contribution in [3.8, 4) is 0 Å². The van der Waals surface area contributed by atoms with E-state index in [4.69, 9.17) is 4.74 Å². The topological polar surface area (TPSA) is 38.3 Å². The third-order valence-corrected chi connectivity index (χ3v) is 3.04. The van der Waals surface area contributed by atoms with E-state index in [2.05, 4.69) is 33.0 Å². The number of hydrogen-bond acceptors (Lipinski definition) is 3. The van der Waals surface area contributed by atoms with Gasteiger partial charge in [-0.2, -0.15) is 0 Å². The first-order chi connectivity index (χ1) is 7.46. The molecule has 1 aliphatic rings. The van der Waals surface area contributed by atoms with Crippen molar-refractivity contribution >= 4 is 5.78 Å². The van der Waals surface area contributed by atoms with Crippen LogP contribution in [0, 0.1) is 5.92 Å². The molecule has 0 radical (unpaired) electrons. The third-order valence-electron chi connectivity index (χ3n) is 3.04. The molecule has 3 heteroatoms. The average molecular weight is 227 g/mol. The van der Waals surface area contributed by atoms with E-state index in [1.54, 1.807) is 0 Å². The Labute approximate surface area is 98.9 Å². The summed E-state index contributed by atoms with van der Waals surface area (Å²) in [6, 6.07) is 0.342. The van der Waals surface area contributed by atoms with Crippen LogP contribution in [0.15, 0.2) is 0 Å². The molecule has 1 fully saturated rings. The largest absolute Gasteiger partial charge is 0.381 e. The van der Waals surface area contributed by atoms with Gasteiger partial charge in [0, 0.05) is 25.7 Å². The molecule has 3 nitrogen and oxygen atoms in total. The molecule has 1 rings (SSSR count). The summed E-state index contributed by atoms with van der Waals surface area (Å²) in [6.45, 7) is 9.79. The van der Waals surface area contributed by atoms with Gasteiger partial charge in [0.2, 0.25) is 0 Å². The van der Waals surface area contributed by atoms with Crippen molar-refractivity contribution in [3.63, 3.8) is 0 Å². The Bertz CT molecular complexity index is 230. The lowest BCUT2D eigenvalue weighted by Crippen LogP contribution is -2.57. The van der Waals surface area contributed by atoms with Crippen LogP contribution in [0.5, 0.6) is 0 Å². The van der Waals surface area contributed by atoms with Crippen LogP contribution in [0.4, 0.5) is 0 Å². The summed E-state index contributed by atoms with van der Waals surface area (Å²) < 4.78 is 5.37. The molecular formula is C13H25NO2. The molecule has 0 amide bonds. The van der Waals surface area contributed by atoms with Gasteiger partial charge in [-0.25, -0.2) is 0 Å². The molecule has 0 aromatic rings. The maximum atomic E-state index is 12.3. The summed E-state index contributed by atoms with van der Waals surface area (Å²) in [6.07, 6.45) is 2.30. The highest BCUT2D eigenvalue weighted by molar-refractivity contribution is 5.88. The molecule has 16 heavy (non-hydrogen) atoms. The van der Waals surface area contributed by atoms with E-state index in [9.17, 15) is 4.79 Å². The van der Waals surface area contributed by atoms with Crippen molar-refractivity contribution in [2.45, 2.75) is 58.5 Å². The lowest BCUT2D eigenvalue weighted by Gasteiger charge is -2.38. The van der Waals surface area contributed by atoms with Crippen LogP contribution in [-0.4, -0.2) is 30.6 Å². The van der Waals surface area contributed by atoms with E-state index in [-0.39, 0.29) is 5.54 Å². The second-order valence-corrected chi connectivity index (χ2v) is 5.51. The Morgan fingerprint density at radius 1 is 1.25 bits per heavy atom. The Balaban J connectivity index is 2.72. The van der Waals surface area contributed by atoms with Crippen LogP contribution in [0.2, 0.25) is 0 Å². The van der Waals surface area contributed by atoms with Gasteiger partial charge in [-0.1, -0.05) is 13.8 Å². The van der Waals surface area contributed by atoms with Crippen LogP contribution in [0.1, 0.15) is 47.0 Å². The highest BCUT2D eigenvalue weighted by atomic mass is 16.5. The fourth-order valence-electron chi connectivity index (χ4n) is 2.34. The zero-order chi connectivity index (χ0) is 12.2. The number of Topliss-reactive ketones (excluding diaryl/α,β-unsaturated/α-hetero) is 1. The van der Waals surface area contributed by atoms with Crippen LogP contribution in [0.25, 0.3) is 0 Å². The average Bonchev–Trinajstić information content (AvgIpc) is 2.16. The zero-order valence-corrected chi connectivity index (χ0v) is 11.0. The third kappa shape index (κ3) is 3.56. The highest BCUT2D eigenvalue weighted by Gasteiger charge is 2.39. The van der Waals surface area contributed by atoms with Gasteiger partial charge < -0.3 is 10.1 Å². The number of nitrogens with one attached hydrogen (secondary N) is 1. The number of ether oxygens (including phenoxy) is 1. The predicted octanol–water partition coefficient (Wildman–Crippen LogP) is 2.15. The van der Waals surface area contributed by atoms with Gasteiger partial charge in [0.15, 0.2) is 5.78 Å². The minimum absolute atomic E-state index is 0.323. The van der Waals surface area contributed by atoms with Crippen LogP contribution < -0.4 is 5.32 Å². The van der Waals surface area contributed by atoms with Gasteiger partial charge in [-0.3, -0.25) is 4.79 Å². The predicted molar refractivity (Wildman–Crippen MR) is 65.5 cm³/mol. The molecule has 1 heterocycles. The molecule has 0 unspecified atom stereocenters. The Kier molecular flexibility index (Phi) is 4.93. The molecule has 0 atom stereocenters. The second kappa shape index (κ2) is 5.78. The summed E-state index contributed by atoms with van der Waals surface area (Å²) in [5, 5.41) is 3.47. The molecule has 0 saturated carbocycles. The van der Waals surface area contributed by atoms with Gasteiger partial charge in [0.05, 0.1) is 5.54 Å². The highest BCUT2D eigenvalue weighted by Crippen LogP contribution is 2.25. The molecule has 0 aromatic heterocycles. The van der Waals surface area contributed by atoms with E-state index in [1.807, 2.05) is 0 Å². The summed E-state index contributed by atoms with van der Waals surface area (Å²) in [5.74, 6) is 0.792. The summed E-state index contributed by atoms with van der Waals surface area (Å²) >= 11 is 0. The molecule has 0 aromatic carbocycles. The summed E-state index contributed by atoms with van der Waals surface area (Å²) in [4.78, 5) is 12.3. The van der Waals surface area contributed by atoms with Gasteiger partial charge in [0.25, 0.3) is 0 Å². The Morgan fingerprint density at radius 2 is 1.81 bits per heavy atom. The van der Waals surface area contributed by atoms with Crippen molar-refractivity contribution in [1.29, 1.82) is 0 Å². The summed E-state index contributed by atoms with van der Waals surface area (Å²) in [5.41, 5.74) is -0.323. The van der Waals surface area contributed by atoms with E-state index in [0.29, 0.717) is 37.4 Å². The first kappa shape index (κ1) is 13.7. The molecule has 1 N–H and O–H groups in total. The van der Waals surface area contributed by atoms with Crippen molar-refractivity contribution in [1.82, 2.24) is 5.32 Å². The monoisotopic (exact) mass is 227 g/mol. The van der Waals surface area contributed by atoms with Gasteiger partial charge >= 0.3 is 0 Å². The summed E-state index contributed by atoms with van der Waals surface area (Å²) in [7, 11) is 0. The van der Waals surface area contributed by atoms with E-state index in [0.717, 1.165) is 12.8 Å². The minimum Gasteiger partial charge on any atom is -0.381 e. The number of hydrogen-bond donors (Lipinski definition) is 1. The molecule has 0 spiro atoms. The van der Waals surface area contributed by atoms with E-state index in [1.165, 1.54) is 0 Å². The van der Waals surface area contributed by atoms with E-state index >= 15 is 0 Å². The number of rotatable bonds is 5. The Hall–Kier alpha value is -0.410. The second-order valence-electron chi connectivity index (χ2n) is 5.51. The quantitative estimate of drug-likeness (QED) is 0.782. The van der Waals surface area contributed by atoms with Crippen LogP contribution in [0.3, 0.4) is 0 Å². The first-order valence-electron chi connectivity index (χ1n) is 6.35. The Morgan fingerprint density at radius 3 is 2.25 bits per heavy atom. The van der Waals surface area contributed by atoms with E-state index < -0.39 is 0 Å². The lowest BCUT2D eigenvalue weighted by molar-refractivity contribution is -0.130. The standard InChI is InChI=1S/C13H25NO2/c1-10(2)9-12(15)13(14-11(3)4)5-7-16-8-6-13/h10-11,14H,5-9H2,1-4H3. The van der Waals surface area contributed by atoms with Crippen molar-refractivity contribution in [3.05, 3.63) is 0 Å². The van der Waals surface area contributed by atoms with Crippen molar-refractivity contribution in [2.75, 3.05) is 13.2 Å². The van der Waals surface area contributed by atoms with Gasteiger partial charge in [0.1, 0.15) is 0 Å². The number of carbonyl (C=O) groups excluding carboxylic acids is 1. The van der Waals surface area contributed by atoms with Gasteiger partial charge in [-0.15, -0.1) is 0 Å². The van der Waals surface area contributed by atoms with Crippen molar-refractivity contribution in [2.24, 2.45) is 5.92 Å². The molecular weight excluding hydrogens is 202 g/mol. The van der Waals surface area contributed by atoms with Gasteiger partial charge in [-0.05, 0) is 32.6 Å². The molecule has 0 aliphatic carbocycles. The zero-order valence-electron chi connectivity index (χ0n) is 11.0. The molecule has 1 aliphatic heterocycles. The fourth-order valence-corrected chi connectivity index (χ4v) is 2.34. The smallest absolute Gasteiger partial charge is 0.153 e. The molecule has 0 bridgehead atoms. The maximum Gasteiger partial charge on any atom is 0.153 e. The molecule has 94 valence electrons. The first-order valence-corrected chi connectivity index (χ1v) is 6.35. The van der Waals surface area contributed by atoms with Crippen LogP contribution in [-0.2, 0) is 9.53 Å². The number of ketones is 1. The number of carbonyl (C=O) groups is 1. The SMILES string of the molecule is CC(C)CC(=O)C1(NC(C)C)CCOCC1. The van der Waals surface area contributed by atoms with Crippen LogP contribution >= 0.6 is 0 Å². The minimum atomic E-state index is -0.323. The fraction of sp³-hybridized carbons (Fsp3) is 0.923. The van der Waals surface area contributed by atoms with Crippen molar-refractivity contribution < 1.29 is 9.53 Å². The maximum absolute atomic E-state index is 12.3. The lowest BCUT2D eigenvalue weighted by atomic mass is 9.81. The molecule has 1 saturated heterocycles. The normalized spacial score (nSPS) is 20.4.